The number of aryl methyl sites for hydroxylation is 1. The van der Waals surface area contributed by atoms with Gasteiger partial charge in [-0.3, -0.25) is 9.59 Å². The highest BCUT2D eigenvalue weighted by Crippen LogP contribution is 2.35. The molecule has 39 heavy (non-hydrogen) atoms. The maximum atomic E-state index is 13.8. The normalized spacial score (nSPS) is 16.7. The molecular formula is C29H32N6O3S. The fraction of sp³-hybridized carbons (Fsp3) is 0.345. The van der Waals surface area contributed by atoms with Crippen molar-refractivity contribution in [1.82, 2.24) is 25.0 Å². The molecular weight excluding hydrogens is 512 g/mol. The van der Waals surface area contributed by atoms with Crippen molar-refractivity contribution in [2.75, 3.05) is 20.6 Å². The van der Waals surface area contributed by atoms with Crippen molar-refractivity contribution in [1.29, 1.82) is 0 Å². The summed E-state index contributed by atoms with van der Waals surface area (Å²) in [7, 11) is 3.35. The quantitative estimate of drug-likeness (QED) is 0.361. The first-order valence-corrected chi connectivity index (χ1v) is 13.8. The van der Waals surface area contributed by atoms with Crippen LogP contribution in [0.5, 0.6) is 0 Å². The number of carbonyl (C=O) groups is 2. The molecule has 2 atom stereocenters. The molecule has 2 N–H and O–H groups in total. The number of hydrogen-bond donors (Lipinski definition) is 1. The first-order valence-electron chi connectivity index (χ1n) is 12.9. The van der Waals surface area contributed by atoms with Gasteiger partial charge in [0.2, 0.25) is 11.8 Å². The van der Waals surface area contributed by atoms with Crippen LogP contribution >= 0.6 is 11.3 Å². The summed E-state index contributed by atoms with van der Waals surface area (Å²) in [4.78, 5) is 34.8. The molecule has 2 aromatic carbocycles. The van der Waals surface area contributed by atoms with Crippen LogP contribution in [0.25, 0.3) is 11.5 Å². The summed E-state index contributed by atoms with van der Waals surface area (Å²) in [6, 6.07) is 14.8. The van der Waals surface area contributed by atoms with Crippen molar-refractivity contribution >= 4 is 23.2 Å². The smallest absolute Gasteiger partial charge is 0.254 e. The van der Waals surface area contributed by atoms with E-state index in [1.54, 1.807) is 43.6 Å². The van der Waals surface area contributed by atoms with Crippen LogP contribution < -0.4 is 5.73 Å². The third-order valence-electron chi connectivity index (χ3n) is 6.84. The van der Waals surface area contributed by atoms with Crippen molar-refractivity contribution in [3.63, 3.8) is 0 Å². The molecule has 5 rings (SSSR count). The first kappa shape index (κ1) is 26.7. The first-order chi connectivity index (χ1) is 18.6. The monoisotopic (exact) mass is 544 g/mol. The molecule has 0 spiro atoms. The number of likely N-dealkylation sites (tertiary alicyclic amines) is 1. The van der Waals surface area contributed by atoms with Crippen LogP contribution in [0.15, 0.2) is 58.3 Å². The van der Waals surface area contributed by atoms with E-state index >= 15 is 0 Å². The molecule has 0 unspecified atom stereocenters. The molecule has 0 aliphatic carbocycles. The SMILES string of the molecule is Cc1csc([C@H]2CCCN2C(=O)c2cc(C(=O)N(C)C)cc(-c3nnc([C@](C)(N)Cc4ccccc4)o3)c2)n1. The minimum atomic E-state index is -0.906. The molecule has 1 aliphatic heterocycles. The van der Waals surface area contributed by atoms with Gasteiger partial charge in [-0.05, 0) is 56.9 Å². The van der Waals surface area contributed by atoms with Gasteiger partial charge in [-0.1, -0.05) is 30.3 Å². The average Bonchev–Trinajstić information content (AvgIpc) is 3.68. The number of carbonyl (C=O) groups excluding carboxylic acids is 2. The second-order valence-corrected chi connectivity index (χ2v) is 11.4. The Balaban J connectivity index is 1.49. The van der Waals surface area contributed by atoms with E-state index in [1.165, 1.54) is 4.90 Å². The number of benzene rings is 2. The van der Waals surface area contributed by atoms with Crippen molar-refractivity contribution in [3.8, 4) is 11.5 Å². The lowest BCUT2D eigenvalue weighted by molar-refractivity contribution is 0.0735. The predicted molar refractivity (Wildman–Crippen MR) is 149 cm³/mol. The van der Waals surface area contributed by atoms with E-state index in [2.05, 4.69) is 15.2 Å². The number of aromatic nitrogens is 3. The Kier molecular flexibility index (Phi) is 7.33. The van der Waals surface area contributed by atoms with Crippen molar-refractivity contribution < 1.29 is 14.0 Å². The molecule has 10 heteroatoms. The van der Waals surface area contributed by atoms with Crippen molar-refractivity contribution in [2.45, 2.75) is 44.7 Å². The lowest BCUT2D eigenvalue weighted by Crippen LogP contribution is -2.35. The van der Waals surface area contributed by atoms with Gasteiger partial charge in [-0.2, -0.15) is 0 Å². The highest BCUT2D eigenvalue weighted by Gasteiger charge is 2.34. The van der Waals surface area contributed by atoms with Gasteiger partial charge in [-0.15, -0.1) is 21.5 Å². The highest BCUT2D eigenvalue weighted by atomic mass is 32.1. The number of nitrogens with two attached hydrogens (primary N) is 1. The second-order valence-electron chi connectivity index (χ2n) is 10.5. The molecule has 202 valence electrons. The van der Waals surface area contributed by atoms with E-state index in [1.807, 2.05) is 54.5 Å². The topological polar surface area (TPSA) is 118 Å². The lowest BCUT2D eigenvalue weighted by atomic mass is 9.94. The molecule has 4 aromatic rings. The zero-order chi connectivity index (χ0) is 27.7. The summed E-state index contributed by atoms with van der Waals surface area (Å²) in [5.74, 6) is 0.0856. The Morgan fingerprint density at radius 1 is 1.15 bits per heavy atom. The van der Waals surface area contributed by atoms with Gasteiger partial charge in [0.1, 0.15) is 5.01 Å². The van der Waals surface area contributed by atoms with E-state index < -0.39 is 5.54 Å². The van der Waals surface area contributed by atoms with Crippen LogP contribution in [-0.4, -0.2) is 57.4 Å². The number of nitrogens with zero attached hydrogens (tertiary/aromatic N) is 5. The van der Waals surface area contributed by atoms with Crippen LogP contribution in [-0.2, 0) is 12.0 Å². The summed E-state index contributed by atoms with van der Waals surface area (Å²) in [6.45, 7) is 4.42. The maximum absolute atomic E-state index is 13.8. The van der Waals surface area contributed by atoms with E-state index in [9.17, 15) is 9.59 Å². The van der Waals surface area contributed by atoms with Gasteiger partial charge in [-0.25, -0.2) is 4.98 Å². The van der Waals surface area contributed by atoms with Gasteiger partial charge < -0.3 is 20.0 Å². The molecule has 0 saturated carbocycles. The number of hydrogen-bond acceptors (Lipinski definition) is 8. The van der Waals surface area contributed by atoms with Gasteiger partial charge in [0.05, 0.1) is 11.6 Å². The molecule has 3 heterocycles. The van der Waals surface area contributed by atoms with Gasteiger partial charge in [0.15, 0.2) is 0 Å². The molecule has 0 bridgehead atoms. The average molecular weight is 545 g/mol. The van der Waals surface area contributed by atoms with Crippen LogP contribution in [0.3, 0.4) is 0 Å². The zero-order valence-electron chi connectivity index (χ0n) is 22.5. The molecule has 0 radical (unpaired) electrons. The van der Waals surface area contributed by atoms with E-state index in [-0.39, 0.29) is 29.6 Å². The van der Waals surface area contributed by atoms with Crippen LogP contribution in [0.4, 0.5) is 0 Å². The number of amides is 2. The zero-order valence-corrected chi connectivity index (χ0v) is 23.4. The second kappa shape index (κ2) is 10.7. The summed E-state index contributed by atoms with van der Waals surface area (Å²) in [6.07, 6.45) is 2.25. The van der Waals surface area contributed by atoms with Crippen molar-refractivity contribution in [2.24, 2.45) is 5.73 Å². The Bertz CT molecular complexity index is 1490. The van der Waals surface area contributed by atoms with Gasteiger partial charge in [0.25, 0.3) is 11.8 Å². The summed E-state index contributed by atoms with van der Waals surface area (Å²) >= 11 is 1.57. The largest absolute Gasteiger partial charge is 0.419 e. The summed E-state index contributed by atoms with van der Waals surface area (Å²) < 4.78 is 6.05. The van der Waals surface area contributed by atoms with Crippen LogP contribution in [0.1, 0.15) is 68.7 Å². The molecule has 1 fully saturated rings. The third-order valence-corrected chi connectivity index (χ3v) is 7.91. The number of rotatable bonds is 7. The van der Waals surface area contributed by atoms with Crippen LogP contribution in [0.2, 0.25) is 0 Å². The summed E-state index contributed by atoms with van der Waals surface area (Å²) in [5.41, 5.74) is 8.91. The Labute approximate surface area is 231 Å². The van der Waals surface area contributed by atoms with Gasteiger partial charge >= 0.3 is 0 Å². The standard InChI is InChI=1S/C29H32N6O3S/c1-18-17-39-25(31-18)23-11-8-12-35(23)27(37)22-14-20(13-21(15-22)26(36)34(3)4)24-32-33-28(38-24)29(2,30)16-19-9-6-5-7-10-19/h5-7,9-10,13-15,17,23H,8,11-12,16,30H2,1-4H3/t23-,29-/m1/s1. The summed E-state index contributed by atoms with van der Waals surface area (Å²) in [5, 5.41) is 11.4. The van der Waals surface area contributed by atoms with E-state index in [0.29, 0.717) is 29.7 Å². The lowest BCUT2D eigenvalue weighted by Gasteiger charge is -2.24. The predicted octanol–water partition coefficient (Wildman–Crippen LogP) is 4.60. The molecule has 9 nitrogen and oxygen atoms in total. The highest BCUT2D eigenvalue weighted by molar-refractivity contribution is 7.09. The third kappa shape index (κ3) is 5.62. The fourth-order valence-electron chi connectivity index (χ4n) is 4.88. The fourth-order valence-corrected chi connectivity index (χ4v) is 5.82. The van der Waals surface area contributed by atoms with Gasteiger partial charge in [0, 0.05) is 48.4 Å². The van der Waals surface area contributed by atoms with Crippen molar-refractivity contribution in [3.05, 3.63) is 87.2 Å². The van der Waals surface area contributed by atoms with Crippen LogP contribution in [0, 0.1) is 6.92 Å². The van der Waals surface area contributed by atoms with E-state index in [0.717, 1.165) is 29.1 Å². The minimum Gasteiger partial charge on any atom is -0.419 e. The Morgan fingerprint density at radius 2 is 1.90 bits per heavy atom. The Hall–Kier alpha value is -3.89. The minimum absolute atomic E-state index is 0.0844. The Morgan fingerprint density at radius 3 is 2.59 bits per heavy atom. The maximum Gasteiger partial charge on any atom is 0.254 e. The molecule has 1 aliphatic rings. The molecule has 1 saturated heterocycles. The van der Waals surface area contributed by atoms with E-state index in [4.69, 9.17) is 10.2 Å². The molecule has 2 aromatic heterocycles. The number of thiazole rings is 1. The molecule has 2 amide bonds.